The molecule has 0 N–H and O–H groups in total. The highest BCUT2D eigenvalue weighted by Gasteiger charge is 2.44. The number of hydrogen-bond donors (Lipinski definition) is 0. The number of para-hydroxylation sites is 1. The third kappa shape index (κ3) is 1.56. The highest BCUT2D eigenvalue weighted by molar-refractivity contribution is 6.61. The summed E-state index contributed by atoms with van der Waals surface area (Å²) in [5, 5.41) is 0. The van der Waals surface area contributed by atoms with E-state index in [9.17, 15) is 0 Å². The van der Waals surface area contributed by atoms with Crippen LogP contribution in [0, 0.1) is 0 Å². The molecule has 1 aliphatic heterocycles. The number of aryl methyl sites for hydroxylation is 1. The molecule has 0 aromatic heterocycles. The van der Waals surface area contributed by atoms with Crippen LogP contribution in [0.1, 0.15) is 5.56 Å². The summed E-state index contributed by atoms with van der Waals surface area (Å²) >= 11 is 0. The largest absolute Gasteiger partial charge is 0.565 e. The Balaban J connectivity index is 2.28. The van der Waals surface area contributed by atoms with Crippen molar-refractivity contribution in [2.24, 2.45) is 0 Å². The molecule has 0 amide bonds. The maximum atomic E-state index is 5.81. The van der Waals surface area contributed by atoms with E-state index in [0.717, 1.165) is 18.2 Å². The van der Waals surface area contributed by atoms with E-state index >= 15 is 0 Å². The first-order valence-corrected chi connectivity index (χ1v) is 6.60. The average Bonchev–Trinajstić information content (AvgIpc) is 2.28. The smallest absolute Gasteiger partial charge is 0.500 e. The molecule has 76 valence electrons. The molecule has 2 rings (SSSR count). The van der Waals surface area contributed by atoms with Crippen LogP contribution in [0.15, 0.2) is 24.3 Å². The summed E-state index contributed by atoms with van der Waals surface area (Å²) in [5.74, 6) is 0.911. The Morgan fingerprint density at radius 3 is 2.64 bits per heavy atom. The fourth-order valence-corrected chi connectivity index (χ4v) is 3.64. The van der Waals surface area contributed by atoms with Crippen molar-refractivity contribution in [3.05, 3.63) is 29.8 Å². The lowest BCUT2D eigenvalue weighted by Gasteiger charge is -2.31. The zero-order chi connectivity index (χ0) is 10.0. The minimum Gasteiger partial charge on any atom is -0.500 e. The van der Waals surface area contributed by atoms with Gasteiger partial charge in [0.15, 0.2) is 0 Å². The second-order valence-electron chi connectivity index (χ2n) is 3.30. The van der Waals surface area contributed by atoms with Crippen molar-refractivity contribution < 1.29 is 13.3 Å². The van der Waals surface area contributed by atoms with Crippen LogP contribution in [0.3, 0.4) is 0 Å². The summed E-state index contributed by atoms with van der Waals surface area (Å²) in [6, 6.07) is 8.90. The van der Waals surface area contributed by atoms with E-state index in [-0.39, 0.29) is 0 Å². The zero-order valence-electron chi connectivity index (χ0n) is 8.45. The van der Waals surface area contributed by atoms with Gasteiger partial charge in [-0.25, -0.2) is 0 Å². The fourth-order valence-electron chi connectivity index (χ4n) is 1.69. The van der Waals surface area contributed by atoms with Crippen LogP contribution in [0.5, 0.6) is 5.75 Å². The molecule has 0 fully saturated rings. The van der Waals surface area contributed by atoms with Gasteiger partial charge in [0.05, 0.1) is 0 Å². The molecule has 0 radical (unpaired) electrons. The van der Waals surface area contributed by atoms with E-state index in [1.165, 1.54) is 5.56 Å². The molecular formula is C10H14O3Si. The molecule has 1 aromatic carbocycles. The number of fused-ring (bicyclic) bond motifs is 1. The molecule has 4 heteroatoms. The van der Waals surface area contributed by atoms with Gasteiger partial charge in [-0.3, -0.25) is 0 Å². The van der Waals surface area contributed by atoms with E-state index in [4.69, 9.17) is 13.3 Å². The number of hydrogen-bond acceptors (Lipinski definition) is 3. The highest BCUT2D eigenvalue weighted by atomic mass is 28.4. The minimum atomic E-state index is -2.38. The Morgan fingerprint density at radius 1 is 1.21 bits per heavy atom. The van der Waals surface area contributed by atoms with E-state index in [1.807, 2.05) is 18.2 Å². The van der Waals surface area contributed by atoms with Gasteiger partial charge in [-0.1, -0.05) is 18.2 Å². The number of rotatable bonds is 2. The van der Waals surface area contributed by atoms with E-state index in [0.29, 0.717) is 0 Å². The Morgan fingerprint density at radius 2 is 1.93 bits per heavy atom. The zero-order valence-corrected chi connectivity index (χ0v) is 9.45. The van der Waals surface area contributed by atoms with Gasteiger partial charge in [0.1, 0.15) is 5.75 Å². The predicted octanol–water partition coefficient (Wildman–Crippen LogP) is 1.85. The van der Waals surface area contributed by atoms with Gasteiger partial charge < -0.3 is 13.3 Å². The molecule has 0 aliphatic carbocycles. The summed E-state index contributed by atoms with van der Waals surface area (Å²) in [6.45, 7) is 0. The Labute approximate surface area is 85.0 Å². The Kier molecular flexibility index (Phi) is 2.58. The van der Waals surface area contributed by atoms with Crippen molar-refractivity contribution >= 4 is 8.80 Å². The standard InChI is InChI=1S/C10H14O3Si/c1-11-14(12-2)8-7-9-5-3-4-6-10(9)13-14/h3-6H,7-8H2,1-2H3. The van der Waals surface area contributed by atoms with Gasteiger partial charge in [0.2, 0.25) is 0 Å². The summed E-state index contributed by atoms with van der Waals surface area (Å²) in [6.07, 6.45) is 0.976. The Hall–Kier alpha value is -0.843. The topological polar surface area (TPSA) is 27.7 Å². The molecule has 1 heterocycles. The highest BCUT2D eigenvalue weighted by Crippen LogP contribution is 2.31. The normalized spacial score (nSPS) is 18.4. The second-order valence-corrected chi connectivity index (χ2v) is 6.19. The van der Waals surface area contributed by atoms with Gasteiger partial charge in [0, 0.05) is 20.3 Å². The average molecular weight is 210 g/mol. The van der Waals surface area contributed by atoms with Crippen LogP contribution >= 0.6 is 0 Å². The maximum Gasteiger partial charge on any atom is 0.565 e. The molecule has 0 spiro atoms. The predicted molar refractivity (Wildman–Crippen MR) is 55.4 cm³/mol. The van der Waals surface area contributed by atoms with Crippen LogP contribution in [-0.2, 0) is 15.3 Å². The SMILES string of the molecule is CO[Si]1(OC)CCc2ccccc2O1. The Bertz CT molecular complexity index is 323. The van der Waals surface area contributed by atoms with Crippen molar-refractivity contribution in [2.75, 3.05) is 14.2 Å². The van der Waals surface area contributed by atoms with Crippen LogP contribution < -0.4 is 4.43 Å². The fraction of sp³-hybridized carbons (Fsp3) is 0.400. The molecule has 1 aliphatic rings. The molecule has 0 bridgehead atoms. The molecule has 14 heavy (non-hydrogen) atoms. The van der Waals surface area contributed by atoms with Crippen molar-refractivity contribution in [3.63, 3.8) is 0 Å². The van der Waals surface area contributed by atoms with Crippen molar-refractivity contribution in [2.45, 2.75) is 12.5 Å². The molecule has 0 saturated carbocycles. The minimum absolute atomic E-state index is 0.858. The first kappa shape index (κ1) is 9.70. The van der Waals surface area contributed by atoms with Gasteiger partial charge in [-0.05, 0) is 18.1 Å². The summed E-state index contributed by atoms with van der Waals surface area (Å²) < 4.78 is 16.6. The third-order valence-corrected chi connectivity index (χ3v) is 5.20. The first-order valence-electron chi connectivity index (χ1n) is 4.67. The molecule has 1 aromatic rings. The van der Waals surface area contributed by atoms with Gasteiger partial charge in [-0.15, -0.1) is 0 Å². The lowest BCUT2D eigenvalue weighted by molar-refractivity contribution is 0.155. The second kappa shape index (κ2) is 3.72. The lowest BCUT2D eigenvalue weighted by Crippen LogP contribution is -2.49. The number of benzene rings is 1. The van der Waals surface area contributed by atoms with E-state index in [1.54, 1.807) is 14.2 Å². The molecule has 0 unspecified atom stereocenters. The summed E-state index contributed by atoms with van der Waals surface area (Å²) in [4.78, 5) is 0. The van der Waals surface area contributed by atoms with Crippen LogP contribution in [-0.4, -0.2) is 23.0 Å². The molecule has 3 nitrogen and oxygen atoms in total. The van der Waals surface area contributed by atoms with E-state index < -0.39 is 8.80 Å². The quantitative estimate of drug-likeness (QED) is 0.697. The third-order valence-electron chi connectivity index (χ3n) is 2.56. The monoisotopic (exact) mass is 210 g/mol. The van der Waals surface area contributed by atoms with Crippen LogP contribution in [0.2, 0.25) is 6.04 Å². The molecular weight excluding hydrogens is 196 g/mol. The molecule has 0 saturated heterocycles. The summed E-state index contributed by atoms with van der Waals surface area (Å²) in [7, 11) is 0.931. The first-order chi connectivity index (χ1) is 6.79. The maximum absolute atomic E-state index is 5.81. The lowest BCUT2D eigenvalue weighted by atomic mass is 10.1. The summed E-state index contributed by atoms with van der Waals surface area (Å²) in [5.41, 5.74) is 1.24. The van der Waals surface area contributed by atoms with Gasteiger partial charge >= 0.3 is 8.80 Å². The van der Waals surface area contributed by atoms with Gasteiger partial charge in [0.25, 0.3) is 0 Å². The van der Waals surface area contributed by atoms with Crippen LogP contribution in [0.4, 0.5) is 0 Å². The van der Waals surface area contributed by atoms with Gasteiger partial charge in [-0.2, -0.15) is 0 Å². The van der Waals surface area contributed by atoms with Crippen molar-refractivity contribution in [1.82, 2.24) is 0 Å². The molecule has 0 atom stereocenters. The van der Waals surface area contributed by atoms with Crippen molar-refractivity contribution in [1.29, 1.82) is 0 Å². The van der Waals surface area contributed by atoms with Crippen LogP contribution in [0.25, 0.3) is 0 Å². The van der Waals surface area contributed by atoms with E-state index in [2.05, 4.69) is 6.07 Å². The van der Waals surface area contributed by atoms with Crippen molar-refractivity contribution in [3.8, 4) is 5.75 Å².